The van der Waals surface area contributed by atoms with E-state index in [0.29, 0.717) is 0 Å². The molecule has 30 heterocycles. The quantitative estimate of drug-likeness (QED) is 0.100. The fraction of sp³-hybridized carbons (Fsp3) is 1.00. The third-order valence-electron chi connectivity index (χ3n) is 17.2. The average Bonchev–Trinajstić information content (AvgIpc) is 2.45. The Balaban J connectivity index is 0.0000100. The summed E-state index contributed by atoms with van der Waals surface area (Å²) >= 11 is 0. The Morgan fingerprint density at radius 2 is 0.307 bits per heavy atom. The van der Waals surface area contributed by atoms with Crippen LogP contribution in [0.1, 0.15) is 0 Å². The summed E-state index contributed by atoms with van der Waals surface area (Å²) in [5, 5.41) is 266. The van der Waals surface area contributed by atoms with Crippen LogP contribution in [0.3, 0.4) is 0 Å². The summed E-state index contributed by atoms with van der Waals surface area (Å²) in [4.78, 5) is 0. The van der Waals surface area contributed by atoms with Gasteiger partial charge in [-0.1, -0.05) is 0 Å². The van der Waals surface area contributed by atoms with Gasteiger partial charge in [0.1, 0.15) is 177 Å². The summed E-state index contributed by atoms with van der Waals surface area (Å²) in [7, 11) is 0. The van der Waals surface area contributed by atoms with Gasteiger partial charge in [-0.25, -0.2) is 0 Å². The fourth-order valence-corrected chi connectivity index (χ4v) is 12.3. The molecule has 0 amide bonds. The van der Waals surface area contributed by atoms with Gasteiger partial charge in [-0.2, -0.15) is 0 Å². The third-order valence-corrected chi connectivity index (χ3v) is 17.2. The topological polar surface area (TPSA) is 624 Å². The third kappa shape index (κ3) is 14.0. The van der Waals surface area contributed by atoms with Crippen molar-refractivity contribution >= 4 is 0 Å². The van der Waals surface area contributed by atoms with Gasteiger partial charge in [-0.15, -0.1) is 0 Å². The molecule has 0 aliphatic carbocycles. The Kier molecular flexibility index (Phi) is 25.5. The van der Waals surface area contributed by atoms with Crippen molar-refractivity contribution in [2.24, 2.45) is 5.92 Å². The van der Waals surface area contributed by atoms with Crippen molar-refractivity contribution in [2.75, 3.05) is 52.9 Å². The van der Waals surface area contributed by atoms with E-state index in [-0.39, 0.29) is 17.1 Å². The molecule has 0 aromatic carbocycles. The summed E-state index contributed by atoms with van der Waals surface area (Å²) in [6.45, 7) is -8.63. The molecule has 30 fully saturated rings. The van der Waals surface area contributed by atoms with Crippen molar-refractivity contribution < 1.29 is 211 Å². The molecular formula is C48H80FeO39. The second kappa shape index (κ2) is 30.8. The van der Waals surface area contributed by atoms with Crippen LogP contribution in [0, 0.1) is 5.92 Å². The molecule has 39 nitrogen and oxygen atoms in total. The standard InChI is InChI=1S/C48H80O39.Fe/c49-1-9-17-18(57)27(66)42(74-9)82-35-11(3-51)76-44(29(68)21(35)60)84-37-13(5-53)78-46(31(70)23(37)62)86-39-15(7-55)80-48(33(72)25(39)64)87-40-16(8-56)79-47(32(71)26(40)65)85-38-14(6-54)77-45(30(69)24(38)63)83-36-12(4-52)75-43(28(67)22(36)61)81-34-10(2-50)73-41(17)20(59)19(34)58;/h9-72H,1-8H2;/t9-,10-,11-,12-,13-,14-,15-,16-,17?,18+,19-,20-,21-,22-,23-,24-,25-,26-,27-,28-,29-,30-,31-,32-,33-,34?,35-,36-,37-,38-,39-,40-,41?,42?,43?,44-,45-,46-,47-,48-;/m1./s1. The molecule has 0 radical (unpaired) electrons. The molecule has 40 heteroatoms. The van der Waals surface area contributed by atoms with Crippen LogP contribution in [0.5, 0.6) is 0 Å². The number of ether oxygens (including phenoxy) is 15. The Bertz CT molecular complexity index is 2130. The zero-order chi connectivity index (χ0) is 63.4. The summed E-state index contributed by atoms with van der Waals surface area (Å²) < 4.78 is 85.8. The van der Waals surface area contributed by atoms with Gasteiger partial charge in [-0.3, -0.25) is 0 Å². The molecule has 30 aliphatic rings. The Morgan fingerprint density at radius 3 is 0.500 bits per heavy atom. The van der Waals surface area contributed by atoms with Crippen LogP contribution in [-0.4, -0.2) is 415 Å². The Morgan fingerprint density at radius 1 is 0.159 bits per heavy atom. The van der Waals surface area contributed by atoms with Gasteiger partial charge in [0.05, 0.1) is 71.2 Å². The smallest absolute Gasteiger partial charge is 0.187 e. The minimum atomic E-state index is -2.25. The molecule has 514 valence electrons. The number of aliphatic hydroxyl groups excluding tert-OH is 24. The number of rotatable bonds is 8. The second-order valence-corrected chi connectivity index (χ2v) is 22.5. The molecule has 0 aromatic rings. The average molecular weight is 1340 g/mol. The van der Waals surface area contributed by atoms with Crippen LogP contribution in [0.25, 0.3) is 0 Å². The summed E-state index contributed by atoms with van der Waals surface area (Å²) in [6, 6.07) is 0. The SMILES string of the molecule is OC[C@H]1OC2C3[C@@H](CO)OC(O[C@H]4[C@H](O)[C@@H](O)[C@@H](O[C@H]5[C@H](O)[C@@H](O)[C@@H](O[C@H]6[C@H](O)[C@@H](O)[C@@H](O[C@H]7[C@H](O)[C@@H](O)[C@@H](O[C@H]8[C@H](O)[C@@H](O)[C@@H](O[C@H]9[C@H](O)[C@@H](O)C(OC1[C@H](O)[C@H]2O)O[C@@H]9CO)O[C@@H]8CO)O[C@@H]7CO)O[C@@H]6CO)O[C@@H]5CO)O[C@@H]4CO)[C@H](O)[C@H]3O.[Fe]. The number of hydrogen-bond donors (Lipinski definition) is 24. The van der Waals surface area contributed by atoms with Crippen molar-refractivity contribution in [2.45, 2.75) is 239 Å². The van der Waals surface area contributed by atoms with Crippen LogP contribution < -0.4 is 0 Å². The molecule has 30 rings (SSSR count). The maximum Gasteiger partial charge on any atom is 0.187 e. The first kappa shape index (κ1) is 72.8. The van der Waals surface area contributed by atoms with Crippen molar-refractivity contribution in [3.63, 3.8) is 0 Å². The van der Waals surface area contributed by atoms with E-state index in [4.69, 9.17) is 71.1 Å². The minimum Gasteiger partial charge on any atom is -0.394 e. The molecule has 30 aliphatic heterocycles. The molecule has 0 saturated carbocycles. The van der Waals surface area contributed by atoms with Crippen molar-refractivity contribution in [1.29, 1.82) is 0 Å². The zero-order valence-corrected chi connectivity index (χ0v) is 47.1. The predicted octanol–water partition coefficient (Wildman–Crippen LogP) is -17.1. The Labute approximate surface area is 507 Å². The van der Waals surface area contributed by atoms with E-state index in [0.717, 1.165) is 0 Å². The van der Waals surface area contributed by atoms with E-state index in [1.54, 1.807) is 0 Å². The molecule has 16 bridgehead atoms. The maximum atomic E-state index is 11.6. The molecule has 5 unspecified atom stereocenters. The van der Waals surface area contributed by atoms with E-state index in [1.807, 2.05) is 0 Å². The van der Waals surface area contributed by atoms with E-state index < -0.39 is 298 Å². The molecule has 0 spiro atoms. The van der Waals surface area contributed by atoms with Gasteiger partial charge in [-0.05, 0) is 0 Å². The monoisotopic (exact) mass is 1340 g/mol. The van der Waals surface area contributed by atoms with Gasteiger partial charge < -0.3 is 194 Å². The first-order valence-corrected chi connectivity index (χ1v) is 28.0. The summed E-state index contributed by atoms with van der Waals surface area (Å²) in [5.41, 5.74) is 0. The van der Waals surface area contributed by atoms with Gasteiger partial charge in [0.25, 0.3) is 0 Å². The van der Waals surface area contributed by atoms with E-state index >= 15 is 0 Å². The van der Waals surface area contributed by atoms with Crippen LogP contribution in [0.15, 0.2) is 0 Å². The Hall–Kier alpha value is -1.04. The molecular weight excluding hydrogens is 1260 g/mol. The first-order valence-electron chi connectivity index (χ1n) is 28.0. The predicted molar refractivity (Wildman–Crippen MR) is 260 cm³/mol. The zero-order valence-electron chi connectivity index (χ0n) is 46.0. The van der Waals surface area contributed by atoms with E-state index in [9.17, 15) is 123 Å². The minimum absolute atomic E-state index is 0. The van der Waals surface area contributed by atoms with Crippen LogP contribution in [0.4, 0.5) is 0 Å². The van der Waals surface area contributed by atoms with Crippen molar-refractivity contribution in [3.05, 3.63) is 0 Å². The van der Waals surface area contributed by atoms with Crippen LogP contribution >= 0.6 is 0 Å². The van der Waals surface area contributed by atoms with Gasteiger partial charge in [0, 0.05) is 23.0 Å². The normalized spacial score (nSPS) is 55.1. The van der Waals surface area contributed by atoms with Gasteiger partial charge in [0.2, 0.25) is 0 Å². The number of hydrogen-bond acceptors (Lipinski definition) is 39. The van der Waals surface area contributed by atoms with Gasteiger partial charge >= 0.3 is 0 Å². The van der Waals surface area contributed by atoms with Crippen LogP contribution in [-0.2, 0) is 88.1 Å². The molecule has 40 atom stereocenters. The maximum absolute atomic E-state index is 11.6. The molecule has 88 heavy (non-hydrogen) atoms. The van der Waals surface area contributed by atoms with Crippen molar-refractivity contribution in [3.8, 4) is 0 Å². The van der Waals surface area contributed by atoms with Crippen LogP contribution in [0.2, 0.25) is 0 Å². The largest absolute Gasteiger partial charge is 0.394 e. The molecule has 0 aromatic heterocycles. The summed E-state index contributed by atoms with van der Waals surface area (Å²) in [5.74, 6) is -1.75. The summed E-state index contributed by atoms with van der Waals surface area (Å²) in [6.07, 6.45) is -79.7. The number of aliphatic hydroxyl groups is 24. The van der Waals surface area contributed by atoms with E-state index in [1.165, 1.54) is 0 Å². The molecule has 24 N–H and O–H groups in total. The second-order valence-electron chi connectivity index (χ2n) is 22.5. The van der Waals surface area contributed by atoms with E-state index in [2.05, 4.69) is 0 Å². The van der Waals surface area contributed by atoms with Gasteiger partial charge in [0.15, 0.2) is 44.0 Å². The fourth-order valence-electron chi connectivity index (χ4n) is 12.3. The molecule has 30 saturated heterocycles. The van der Waals surface area contributed by atoms with Crippen molar-refractivity contribution in [1.82, 2.24) is 0 Å². The first-order chi connectivity index (χ1) is 41.4.